The Morgan fingerprint density at radius 2 is 1.04 bits per heavy atom. The van der Waals surface area contributed by atoms with Gasteiger partial charge in [0.15, 0.2) is 19.8 Å². The maximum Gasteiger partial charge on any atom is 0.338 e. The van der Waals surface area contributed by atoms with Crippen molar-refractivity contribution in [3.05, 3.63) is 149 Å². The molecule has 0 aliphatic heterocycles. The first kappa shape index (κ1) is 36.2. The Kier molecular flexibility index (Phi) is 12.0. The number of methoxy groups -OCH3 is 1. The third-order valence-corrected chi connectivity index (χ3v) is 13.2. The molecule has 8 heteroatoms. The average Bonchev–Trinajstić information content (AvgIpc) is 3.12. The van der Waals surface area contributed by atoms with Crippen molar-refractivity contribution >= 4 is 14.3 Å². The average molecular weight is 691 g/mol. The van der Waals surface area contributed by atoms with E-state index in [4.69, 9.17) is 28.1 Å². The van der Waals surface area contributed by atoms with Gasteiger partial charge in [-0.3, -0.25) is 0 Å². The highest BCUT2D eigenvalue weighted by atomic mass is 28.4. The van der Waals surface area contributed by atoms with Crippen LogP contribution < -0.4 is 18.9 Å². The van der Waals surface area contributed by atoms with Crippen LogP contribution in [0.3, 0.4) is 0 Å². The lowest BCUT2D eigenvalue weighted by molar-refractivity contribution is 0.0599. The minimum absolute atomic E-state index is 0.0467. The minimum Gasteiger partial charge on any atom is -0.489 e. The molecule has 5 aromatic rings. The Bertz CT molecular complexity index is 1770. The molecule has 50 heavy (non-hydrogen) atoms. The second kappa shape index (κ2) is 16.6. The fraction of sp³-hybridized carbons (Fsp3) is 0.262. The summed E-state index contributed by atoms with van der Waals surface area (Å²) in [7, 11) is -0.714. The summed E-state index contributed by atoms with van der Waals surface area (Å²) >= 11 is 0. The van der Waals surface area contributed by atoms with Crippen LogP contribution in [0.2, 0.25) is 18.1 Å². The summed E-state index contributed by atoms with van der Waals surface area (Å²) in [6, 6.07) is 38.6. The number of hydrogen-bond donors (Lipinski definition) is 0. The Morgan fingerprint density at radius 1 is 0.580 bits per heavy atom. The quantitative estimate of drug-likeness (QED) is 0.0800. The maximum atomic E-state index is 12.8. The van der Waals surface area contributed by atoms with Crippen LogP contribution in [0.15, 0.2) is 121 Å². The van der Waals surface area contributed by atoms with E-state index in [0.717, 1.165) is 22.3 Å². The second-order valence-corrected chi connectivity index (χ2v) is 18.4. The molecule has 0 spiro atoms. The first-order chi connectivity index (χ1) is 24.0. The maximum absolute atomic E-state index is 12.8. The highest BCUT2D eigenvalue weighted by Crippen LogP contribution is 2.44. The molecular weight excluding hydrogens is 645 g/mol. The van der Waals surface area contributed by atoms with Gasteiger partial charge in [0, 0.05) is 6.07 Å². The number of benzene rings is 5. The topological polar surface area (TPSA) is 72.5 Å². The van der Waals surface area contributed by atoms with Crippen molar-refractivity contribution < 1.29 is 32.9 Å². The predicted molar refractivity (Wildman–Crippen MR) is 199 cm³/mol. The van der Waals surface area contributed by atoms with Gasteiger partial charge in [-0.05, 0) is 64.7 Å². The van der Waals surface area contributed by atoms with E-state index in [2.05, 4.69) is 33.9 Å². The van der Waals surface area contributed by atoms with E-state index in [-0.39, 0.29) is 23.8 Å². The summed E-state index contributed by atoms with van der Waals surface area (Å²) in [5.41, 5.74) is 4.13. The van der Waals surface area contributed by atoms with Crippen molar-refractivity contribution in [3.8, 4) is 28.7 Å². The Morgan fingerprint density at radius 3 is 1.50 bits per heavy atom. The number of ether oxygens (including phenoxy) is 5. The Labute approximate surface area is 296 Å². The van der Waals surface area contributed by atoms with Crippen LogP contribution in [-0.2, 0) is 35.6 Å². The molecule has 5 rings (SSSR count). The van der Waals surface area contributed by atoms with Crippen LogP contribution in [0.4, 0.5) is 0 Å². The van der Waals surface area contributed by atoms with E-state index in [1.54, 1.807) is 12.1 Å². The number of hydrogen-bond acceptors (Lipinski definition) is 7. The van der Waals surface area contributed by atoms with Crippen molar-refractivity contribution in [3.63, 3.8) is 0 Å². The highest BCUT2D eigenvalue weighted by molar-refractivity contribution is 6.74. The van der Waals surface area contributed by atoms with E-state index >= 15 is 0 Å². The fourth-order valence-corrected chi connectivity index (χ4v) is 5.75. The van der Waals surface area contributed by atoms with Gasteiger partial charge in [-0.25, -0.2) is 4.79 Å². The van der Waals surface area contributed by atoms with E-state index < -0.39 is 14.3 Å². The Hall–Kier alpha value is -5.05. The largest absolute Gasteiger partial charge is 0.489 e. The number of rotatable bonds is 15. The molecule has 5 aromatic carbocycles. The van der Waals surface area contributed by atoms with Crippen LogP contribution in [0.1, 0.15) is 53.4 Å². The third kappa shape index (κ3) is 10.00. The van der Waals surface area contributed by atoms with Gasteiger partial charge in [-0.15, -0.1) is 0 Å². The van der Waals surface area contributed by atoms with Gasteiger partial charge in [0.05, 0.1) is 19.3 Å². The molecule has 0 bridgehead atoms. The molecule has 0 aliphatic rings. The van der Waals surface area contributed by atoms with Crippen molar-refractivity contribution in [1.29, 1.82) is 0 Å². The number of carbonyl (C=O) groups excluding carboxylic acids is 1. The molecule has 0 saturated heterocycles. The lowest BCUT2D eigenvalue weighted by atomic mass is 10.1. The molecule has 0 fully saturated rings. The van der Waals surface area contributed by atoms with Crippen LogP contribution in [0, 0.1) is 0 Å². The molecule has 260 valence electrons. The molecule has 0 amide bonds. The van der Waals surface area contributed by atoms with Crippen LogP contribution in [0.25, 0.3) is 0 Å². The molecule has 7 nitrogen and oxygen atoms in total. The lowest BCUT2D eigenvalue weighted by Crippen LogP contribution is -2.40. The molecule has 0 aromatic heterocycles. The molecule has 0 atom stereocenters. The summed E-state index contributed by atoms with van der Waals surface area (Å²) in [5, 5.41) is 0.0467. The number of esters is 1. The summed E-state index contributed by atoms with van der Waals surface area (Å²) in [6.07, 6.45) is 0. The first-order valence-electron chi connectivity index (χ1n) is 16.7. The molecule has 0 saturated carbocycles. The van der Waals surface area contributed by atoms with E-state index in [1.807, 2.05) is 109 Å². The van der Waals surface area contributed by atoms with Crippen molar-refractivity contribution in [2.24, 2.45) is 0 Å². The Balaban J connectivity index is 1.55. The predicted octanol–water partition coefficient (Wildman–Crippen LogP) is 10.5. The monoisotopic (exact) mass is 690 g/mol. The van der Waals surface area contributed by atoms with Gasteiger partial charge in [0.2, 0.25) is 5.75 Å². The molecule has 0 heterocycles. The van der Waals surface area contributed by atoms with Crippen molar-refractivity contribution in [2.75, 3.05) is 7.11 Å². The molecule has 0 N–H and O–H groups in total. The fourth-order valence-electron chi connectivity index (χ4n) is 4.79. The van der Waals surface area contributed by atoms with Gasteiger partial charge >= 0.3 is 5.97 Å². The second-order valence-electron chi connectivity index (χ2n) is 13.6. The first-order valence-corrected chi connectivity index (χ1v) is 19.6. The van der Waals surface area contributed by atoms with E-state index in [9.17, 15) is 4.79 Å². The van der Waals surface area contributed by atoms with Crippen LogP contribution in [-0.4, -0.2) is 21.4 Å². The van der Waals surface area contributed by atoms with Crippen molar-refractivity contribution in [2.45, 2.75) is 65.3 Å². The zero-order valence-electron chi connectivity index (χ0n) is 29.7. The minimum atomic E-state index is -2.06. The van der Waals surface area contributed by atoms with Gasteiger partial charge in [0.25, 0.3) is 0 Å². The van der Waals surface area contributed by atoms with Gasteiger partial charge < -0.3 is 28.1 Å². The van der Waals surface area contributed by atoms with E-state index in [0.29, 0.717) is 42.0 Å². The lowest BCUT2D eigenvalue weighted by Gasteiger charge is -2.36. The summed E-state index contributed by atoms with van der Waals surface area (Å²) in [4.78, 5) is 12.8. The SMILES string of the molecule is COC(=O)c1cc(OCc2ccccc2)c(Oc2cc(CO[Si](C)(C)C(C)(C)C)cc(OCc3ccccc3)c2)c(OCc2ccccc2)c1. The molecule has 0 unspecified atom stereocenters. The highest BCUT2D eigenvalue weighted by Gasteiger charge is 2.37. The normalized spacial score (nSPS) is 11.5. The standard InChI is InChI=1S/C42H46O7Si/c1-42(2,3)50(5,6)48-30-34-22-36(45-27-31-16-10-7-11-17-31)26-37(23-34)49-40-38(46-28-32-18-12-8-13-19-32)24-35(41(43)44-4)25-39(40)47-29-33-20-14-9-15-21-33/h7-26H,27-30H2,1-6H3. The smallest absolute Gasteiger partial charge is 0.338 e. The molecule has 0 aliphatic carbocycles. The summed E-state index contributed by atoms with van der Waals surface area (Å²) < 4.78 is 37.4. The summed E-state index contributed by atoms with van der Waals surface area (Å²) in [5.74, 6) is 1.59. The molecular formula is C42H46O7Si. The third-order valence-electron chi connectivity index (χ3n) is 8.73. The van der Waals surface area contributed by atoms with Crippen molar-refractivity contribution in [1.82, 2.24) is 0 Å². The zero-order chi connectivity index (χ0) is 35.6. The van der Waals surface area contributed by atoms with E-state index in [1.165, 1.54) is 7.11 Å². The summed E-state index contributed by atoms with van der Waals surface area (Å²) in [6.45, 7) is 12.4. The van der Waals surface area contributed by atoms with Gasteiger partial charge in [-0.1, -0.05) is 112 Å². The van der Waals surface area contributed by atoms with Crippen LogP contribution in [0.5, 0.6) is 28.7 Å². The zero-order valence-corrected chi connectivity index (χ0v) is 30.7. The number of carbonyl (C=O) groups is 1. The molecule has 0 radical (unpaired) electrons. The van der Waals surface area contributed by atoms with Gasteiger partial charge in [0.1, 0.15) is 31.3 Å². The van der Waals surface area contributed by atoms with Gasteiger partial charge in [-0.2, -0.15) is 0 Å². The van der Waals surface area contributed by atoms with Crippen LogP contribution >= 0.6 is 0 Å².